The number of fused-ring (bicyclic) bond motifs is 7. The second-order valence-corrected chi connectivity index (χ2v) is 9.82. The Morgan fingerprint density at radius 3 is 2.54 bits per heavy atom. The fraction of sp³-hybridized carbons (Fsp3) is 0.400. The van der Waals surface area contributed by atoms with Gasteiger partial charge in [-0.3, -0.25) is 19.3 Å². The minimum Gasteiger partial charge on any atom is -0.310 e. The maximum Gasteiger partial charge on any atom is 0.417 e. The van der Waals surface area contributed by atoms with Crippen LogP contribution in [-0.2, 0) is 26.1 Å². The first kappa shape index (κ1) is 22.5. The van der Waals surface area contributed by atoms with E-state index in [9.17, 15) is 27.6 Å². The fourth-order valence-corrected chi connectivity index (χ4v) is 7.00. The molecule has 35 heavy (non-hydrogen) atoms. The Morgan fingerprint density at radius 1 is 1.09 bits per heavy atom. The molecule has 3 amide bonds. The summed E-state index contributed by atoms with van der Waals surface area (Å²) in [5, 5.41) is -0.516. The van der Waals surface area contributed by atoms with Gasteiger partial charge in [0.2, 0.25) is 11.8 Å². The molecular weight excluding hydrogens is 483 g/mol. The third kappa shape index (κ3) is 2.68. The smallest absolute Gasteiger partial charge is 0.310 e. The number of imide groups is 1. The number of hydrogen-bond donors (Lipinski definition) is 0. The highest BCUT2D eigenvalue weighted by molar-refractivity contribution is 6.32. The first-order chi connectivity index (χ1) is 16.6. The first-order valence-corrected chi connectivity index (χ1v) is 11.9. The molecule has 4 aliphatic heterocycles. The van der Waals surface area contributed by atoms with Crippen LogP contribution in [0.2, 0.25) is 5.02 Å². The SMILES string of the molecule is CCN1C(=O)[C@@]2(c3ccccc31)[C@@H]1C(=O)N(c3ccc(Cl)c(C(F)(F)F)c3)C(=O)[C@@H]1[C@@H]1CCCN12. The lowest BCUT2D eigenvalue weighted by Crippen LogP contribution is -2.56. The number of hydrogen-bond acceptors (Lipinski definition) is 4. The van der Waals surface area contributed by atoms with Crippen molar-refractivity contribution in [3.63, 3.8) is 0 Å². The van der Waals surface area contributed by atoms with Crippen LogP contribution in [0, 0.1) is 11.8 Å². The van der Waals surface area contributed by atoms with Crippen LogP contribution < -0.4 is 9.80 Å². The summed E-state index contributed by atoms with van der Waals surface area (Å²) < 4.78 is 40.6. The predicted molar refractivity (Wildman–Crippen MR) is 122 cm³/mol. The summed E-state index contributed by atoms with van der Waals surface area (Å²) in [6, 6.07) is 9.96. The number of anilines is 2. The molecule has 0 aromatic heterocycles. The van der Waals surface area contributed by atoms with E-state index in [1.165, 1.54) is 6.07 Å². The van der Waals surface area contributed by atoms with Gasteiger partial charge in [0, 0.05) is 23.8 Å². The van der Waals surface area contributed by atoms with Crippen LogP contribution in [0.4, 0.5) is 24.5 Å². The van der Waals surface area contributed by atoms with Gasteiger partial charge < -0.3 is 4.90 Å². The van der Waals surface area contributed by atoms with E-state index in [0.717, 1.165) is 23.5 Å². The standard InChI is InChI=1S/C25H21ClF3N3O3/c1-2-30-17-7-4-3-6-14(17)24(23(30)35)20-19(18-8-5-11-31(18)24)21(33)32(22(20)34)13-9-10-16(26)15(12-13)25(27,28)29/h3-4,6-7,9-10,12,18-20H,2,5,8,11H2,1H3/t18-,19+,20-,24+/m0/s1. The van der Waals surface area contributed by atoms with Crippen molar-refractivity contribution in [2.45, 2.75) is 37.5 Å². The average Bonchev–Trinajstić information content (AvgIpc) is 3.51. The highest BCUT2D eigenvalue weighted by atomic mass is 35.5. The van der Waals surface area contributed by atoms with Crippen molar-refractivity contribution in [1.82, 2.24) is 4.90 Å². The Morgan fingerprint density at radius 2 is 1.83 bits per heavy atom. The molecule has 0 radical (unpaired) electrons. The highest BCUT2D eigenvalue weighted by Gasteiger charge is 2.75. The van der Waals surface area contributed by atoms with E-state index in [1.807, 2.05) is 30.0 Å². The molecule has 4 atom stereocenters. The molecule has 0 unspecified atom stereocenters. The second kappa shape index (κ2) is 7.30. The van der Waals surface area contributed by atoms with Gasteiger partial charge in [0.15, 0.2) is 0 Å². The number of amides is 3. The molecule has 0 aliphatic carbocycles. The second-order valence-electron chi connectivity index (χ2n) is 9.41. The number of carbonyl (C=O) groups excluding carboxylic acids is 3. The fourth-order valence-electron chi connectivity index (χ4n) is 6.78. The Labute approximate surface area is 204 Å². The lowest BCUT2D eigenvalue weighted by atomic mass is 9.75. The Hall–Kier alpha value is -2.91. The summed E-state index contributed by atoms with van der Waals surface area (Å²) in [7, 11) is 0. The van der Waals surface area contributed by atoms with Gasteiger partial charge in [-0.25, -0.2) is 4.90 Å². The summed E-state index contributed by atoms with van der Waals surface area (Å²) in [4.78, 5) is 46.3. The van der Waals surface area contributed by atoms with Gasteiger partial charge in [-0.1, -0.05) is 29.8 Å². The number of halogens is 4. The van der Waals surface area contributed by atoms with Crippen LogP contribution in [0.15, 0.2) is 42.5 Å². The number of nitrogens with zero attached hydrogens (tertiary/aromatic N) is 3. The lowest BCUT2D eigenvalue weighted by molar-refractivity contribution is -0.137. The number of likely N-dealkylation sites (N-methyl/N-ethyl adjacent to an activating group) is 1. The van der Waals surface area contributed by atoms with E-state index < -0.39 is 46.0 Å². The molecule has 2 aromatic carbocycles. The van der Waals surface area contributed by atoms with Crippen molar-refractivity contribution < 1.29 is 27.6 Å². The molecule has 1 spiro atoms. The third-order valence-electron chi connectivity index (χ3n) is 7.97. The van der Waals surface area contributed by atoms with E-state index in [2.05, 4.69) is 0 Å². The molecule has 4 aliphatic rings. The summed E-state index contributed by atoms with van der Waals surface area (Å²) in [6.45, 7) is 2.81. The van der Waals surface area contributed by atoms with Crippen LogP contribution in [0.5, 0.6) is 0 Å². The Kier molecular flexibility index (Phi) is 4.70. The minimum absolute atomic E-state index is 0.183. The zero-order valence-corrected chi connectivity index (χ0v) is 19.4. The number of carbonyl (C=O) groups is 3. The molecule has 182 valence electrons. The van der Waals surface area contributed by atoms with E-state index in [1.54, 1.807) is 11.0 Å². The summed E-state index contributed by atoms with van der Waals surface area (Å²) in [5.41, 5.74) is -1.26. The van der Waals surface area contributed by atoms with Crippen molar-refractivity contribution in [2.75, 3.05) is 22.9 Å². The van der Waals surface area contributed by atoms with Gasteiger partial charge in [-0.15, -0.1) is 0 Å². The van der Waals surface area contributed by atoms with Crippen molar-refractivity contribution in [2.24, 2.45) is 11.8 Å². The summed E-state index contributed by atoms with van der Waals surface area (Å²) in [5.74, 6) is -3.30. The van der Waals surface area contributed by atoms with E-state index in [4.69, 9.17) is 11.6 Å². The molecule has 6 rings (SSSR count). The van der Waals surface area contributed by atoms with Gasteiger partial charge >= 0.3 is 6.18 Å². The maximum atomic E-state index is 14.1. The number of benzene rings is 2. The van der Waals surface area contributed by atoms with Gasteiger partial charge in [0.05, 0.1) is 28.1 Å². The predicted octanol–water partition coefficient (Wildman–Crippen LogP) is 4.20. The molecule has 6 nitrogen and oxygen atoms in total. The van der Waals surface area contributed by atoms with Crippen molar-refractivity contribution >= 4 is 40.7 Å². The molecule has 2 aromatic rings. The number of rotatable bonds is 2. The minimum atomic E-state index is -4.75. The van der Waals surface area contributed by atoms with Crippen molar-refractivity contribution in [1.29, 1.82) is 0 Å². The van der Waals surface area contributed by atoms with Crippen LogP contribution in [0.3, 0.4) is 0 Å². The number of para-hydroxylation sites is 1. The van der Waals surface area contributed by atoms with Gasteiger partial charge in [0.25, 0.3) is 5.91 Å². The third-order valence-corrected chi connectivity index (χ3v) is 8.30. The normalized spacial score (nSPS) is 30.0. The van der Waals surface area contributed by atoms with Crippen LogP contribution >= 0.6 is 11.6 Å². The largest absolute Gasteiger partial charge is 0.417 e. The molecule has 4 heterocycles. The van der Waals surface area contributed by atoms with Gasteiger partial charge in [-0.2, -0.15) is 13.2 Å². The molecular formula is C25H21ClF3N3O3. The quantitative estimate of drug-likeness (QED) is 0.576. The number of alkyl halides is 3. The van der Waals surface area contributed by atoms with E-state index in [0.29, 0.717) is 30.8 Å². The van der Waals surface area contributed by atoms with Gasteiger partial charge in [-0.05, 0) is 50.6 Å². The first-order valence-electron chi connectivity index (χ1n) is 11.6. The highest BCUT2D eigenvalue weighted by Crippen LogP contribution is 2.61. The van der Waals surface area contributed by atoms with E-state index >= 15 is 0 Å². The van der Waals surface area contributed by atoms with E-state index in [-0.39, 0.29) is 17.6 Å². The zero-order valence-electron chi connectivity index (χ0n) is 18.7. The van der Waals surface area contributed by atoms with Crippen molar-refractivity contribution in [3.05, 3.63) is 58.6 Å². The van der Waals surface area contributed by atoms with Crippen LogP contribution in [0.25, 0.3) is 0 Å². The molecule has 10 heteroatoms. The lowest BCUT2D eigenvalue weighted by Gasteiger charge is -2.37. The monoisotopic (exact) mass is 503 g/mol. The summed E-state index contributed by atoms with van der Waals surface area (Å²) in [6.07, 6.45) is -3.36. The molecule has 0 N–H and O–H groups in total. The molecule has 3 saturated heterocycles. The maximum absolute atomic E-state index is 14.1. The molecule has 0 bridgehead atoms. The molecule has 0 saturated carbocycles. The van der Waals surface area contributed by atoms with Crippen molar-refractivity contribution in [3.8, 4) is 0 Å². The van der Waals surface area contributed by atoms with Crippen LogP contribution in [-0.4, -0.2) is 41.8 Å². The Bertz CT molecular complexity index is 1300. The summed E-state index contributed by atoms with van der Waals surface area (Å²) >= 11 is 5.77. The zero-order chi connectivity index (χ0) is 24.9. The van der Waals surface area contributed by atoms with Crippen LogP contribution in [0.1, 0.15) is 30.9 Å². The van der Waals surface area contributed by atoms with Gasteiger partial charge in [0.1, 0.15) is 5.54 Å². The topological polar surface area (TPSA) is 60.9 Å². The average molecular weight is 504 g/mol. The molecule has 3 fully saturated rings. The Balaban J connectivity index is 1.53.